The number of fused-ring (bicyclic) bond motifs is 1. The van der Waals surface area contributed by atoms with Crippen molar-refractivity contribution in [2.45, 2.75) is 19.9 Å². The fraction of sp³-hybridized carbons (Fsp3) is 0.231. The Balaban J connectivity index is 1.68. The number of methoxy groups -OCH3 is 3. The maximum absolute atomic E-state index is 12.7. The molecule has 0 unspecified atom stereocenters. The second-order valence-electron chi connectivity index (χ2n) is 8.10. The highest BCUT2D eigenvalue weighted by molar-refractivity contribution is 5.76. The molecule has 0 aliphatic rings. The molecular formula is C26H26N6O4. The van der Waals surface area contributed by atoms with Crippen molar-refractivity contribution in [2.75, 3.05) is 21.3 Å². The molecule has 3 aromatic heterocycles. The highest BCUT2D eigenvalue weighted by Crippen LogP contribution is 2.40. The number of rotatable bonds is 8. The Morgan fingerprint density at radius 1 is 0.972 bits per heavy atom. The van der Waals surface area contributed by atoms with Crippen LogP contribution in [0.5, 0.6) is 17.2 Å². The summed E-state index contributed by atoms with van der Waals surface area (Å²) in [6, 6.07) is 11.8. The number of benzene rings is 2. The monoisotopic (exact) mass is 486 g/mol. The van der Waals surface area contributed by atoms with Crippen molar-refractivity contribution in [1.29, 1.82) is 0 Å². The Morgan fingerprint density at radius 3 is 2.44 bits per heavy atom. The summed E-state index contributed by atoms with van der Waals surface area (Å²) < 4.78 is 19.9. The van der Waals surface area contributed by atoms with Crippen molar-refractivity contribution in [3.63, 3.8) is 0 Å². The molecule has 0 amide bonds. The molecular weight excluding hydrogens is 460 g/mol. The Labute approximate surface area is 207 Å². The van der Waals surface area contributed by atoms with Gasteiger partial charge in [0.25, 0.3) is 5.56 Å². The molecule has 10 heteroatoms. The predicted octanol–water partition coefficient (Wildman–Crippen LogP) is 3.58. The van der Waals surface area contributed by atoms with E-state index in [0.717, 1.165) is 17.5 Å². The summed E-state index contributed by atoms with van der Waals surface area (Å²) in [5.74, 6) is 2.63. The number of aromatic nitrogens is 6. The van der Waals surface area contributed by atoms with Crippen LogP contribution in [0.1, 0.15) is 18.1 Å². The highest BCUT2D eigenvalue weighted by atomic mass is 16.5. The number of ether oxygens (including phenoxy) is 3. The van der Waals surface area contributed by atoms with Crippen molar-refractivity contribution in [1.82, 2.24) is 29.4 Å². The largest absolute Gasteiger partial charge is 0.493 e. The molecule has 0 bridgehead atoms. The van der Waals surface area contributed by atoms with E-state index >= 15 is 0 Å². The van der Waals surface area contributed by atoms with Crippen LogP contribution >= 0.6 is 0 Å². The van der Waals surface area contributed by atoms with Gasteiger partial charge in [-0.15, -0.1) is 0 Å². The summed E-state index contributed by atoms with van der Waals surface area (Å²) in [4.78, 5) is 20.2. The van der Waals surface area contributed by atoms with Gasteiger partial charge in [0.2, 0.25) is 5.75 Å². The van der Waals surface area contributed by atoms with Crippen LogP contribution in [0, 0.1) is 0 Å². The van der Waals surface area contributed by atoms with Crippen molar-refractivity contribution >= 4 is 5.52 Å². The number of hydrogen-bond donors (Lipinski definition) is 1. The van der Waals surface area contributed by atoms with E-state index in [4.69, 9.17) is 24.3 Å². The van der Waals surface area contributed by atoms with Crippen LogP contribution in [0.4, 0.5) is 0 Å². The molecule has 10 nitrogen and oxygen atoms in total. The number of aryl methyl sites for hydroxylation is 1. The standard InChI is InChI=1S/C26H26N6O4/c1-5-16-6-8-17(9-7-16)24-29-25(19-14-28-31-13-12-27-26(33)21(19)31)32(30-24)15-18-10-11-20(34-2)23(36-4)22(18)35-3/h6-14H,5,15H2,1-4H3,(H,27,33). The Bertz CT molecular complexity index is 1580. The quantitative estimate of drug-likeness (QED) is 0.357. The first-order valence-corrected chi connectivity index (χ1v) is 11.4. The lowest BCUT2D eigenvalue weighted by Crippen LogP contribution is -2.11. The van der Waals surface area contributed by atoms with Crippen LogP contribution < -0.4 is 19.8 Å². The summed E-state index contributed by atoms with van der Waals surface area (Å²) in [5.41, 5.74) is 3.59. The minimum absolute atomic E-state index is 0.267. The Kier molecular flexibility index (Phi) is 6.16. The van der Waals surface area contributed by atoms with Gasteiger partial charge < -0.3 is 19.2 Å². The summed E-state index contributed by atoms with van der Waals surface area (Å²) in [6.45, 7) is 2.42. The van der Waals surface area contributed by atoms with Crippen LogP contribution in [-0.4, -0.2) is 50.7 Å². The number of aromatic amines is 1. The van der Waals surface area contributed by atoms with Gasteiger partial charge >= 0.3 is 0 Å². The molecule has 5 aromatic rings. The van der Waals surface area contributed by atoms with Gasteiger partial charge in [0.15, 0.2) is 23.1 Å². The SMILES string of the molecule is CCc1ccc(-c2nc(-c3cnn4cc[nH]c(=O)c34)n(Cc3ccc(OC)c(OC)c3OC)n2)cc1. The van der Waals surface area contributed by atoms with Gasteiger partial charge in [0, 0.05) is 23.5 Å². The molecule has 1 N–H and O–H groups in total. The third-order valence-electron chi connectivity index (χ3n) is 6.08. The maximum atomic E-state index is 12.7. The molecule has 0 fully saturated rings. The van der Waals surface area contributed by atoms with Crippen LogP contribution in [0.3, 0.4) is 0 Å². The molecule has 0 aliphatic carbocycles. The zero-order valence-corrected chi connectivity index (χ0v) is 20.5. The molecule has 0 spiro atoms. The fourth-order valence-corrected chi connectivity index (χ4v) is 4.23. The van der Waals surface area contributed by atoms with Crippen molar-refractivity contribution in [2.24, 2.45) is 0 Å². The number of hydrogen-bond acceptors (Lipinski definition) is 7. The molecule has 0 saturated carbocycles. The molecule has 5 rings (SSSR count). The predicted molar refractivity (Wildman–Crippen MR) is 135 cm³/mol. The third kappa shape index (κ3) is 3.96. The fourth-order valence-electron chi connectivity index (χ4n) is 4.23. The second kappa shape index (κ2) is 9.57. The molecule has 0 radical (unpaired) electrons. The van der Waals surface area contributed by atoms with Gasteiger partial charge in [0.1, 0.15) is 5.52 Å². The minimum Gasteiger partial charge on any atom is -0.493 e. The van der Waals surface area contributed by atoms with Gasteiger partial charge in [-0.2, -0.15) is 10.2 Å². The lowest BCUT2D eigenvalue weighted by Gasteiger charge is -2.16. The van der Waals surface area contributed by atoms with Gasteiger partial charge in [0.05, 0.1) is 39.6 Å². The van der Waals surface area contributed by atoms with Crippen LogP contribution in [0.2, 0.25) is 0 Å². The summed E-state index contributed by atoms with van der Waals surface area (Å²) in [6.07, 6.45) is 5.80. The minimum atomic E-state index is -0.267. The summed E-state index contributed by atoms with van der Waals surface area (Å²) >= 11 is 0. The molecule has 2 aromatic carbocycles. The highest BCUT2D eigenvalue weighted by Gasteiger charge is 2.22. The Morgan fingerprint density at radius 2 is 1.75 bits per heavy atom. The molecule has 36 heavy (non-hydrogen) atoms. The number of nitrogens with one attached hydrogen (secondary N) is 1. The normalized spacial score (nSPS) is 11.1. The van der Waals surface area contributed by atoms with Gasteiger partial charge in [-0.3, -0.25) is 4.79 Å². The van der Waals surface area contributed by atoms with Crippen molar-refractivity contribution in [3.8, 4) is 40.0 Å². The lowest BCUT2D eigenvalue weighted by molar-refractivity contribution is 0.321. The van der Waals surface area contributed by atoms with E-state index in [2.05, 4.69) is 29.1 Å². The van der Waals surface area contributed by atoms with Crippen LogP contribution in [0.25, 0.3) is 28.3 Å². The summed E-state index contributed by atoms with van der Waals surface area (Å²) in [7, 11) is 4.72. The van der Waals surface area contributed by atoms with Crippen molar-refractivity contribution in [3.05, 3.63) is 76.5 Å². The van der Waals surface area contributed by atoms with E-state index in [1.54, 1.807) is 44.6 Å². The average molecular weight is 487 g/mol. The van der Waals surface area contributed by atoms with E-state index < -0.39 is 0 Å². The van der Waals surface area contributed by atoms with Gasteiger partial charge in [-0.1, -0.05) is 31.2 Å². The molecule has 0 atom stereocenters. The van der Waals surface area contributed by atoms with E-state index in [-0.39, 0.29) is 5.56 Å². The van der Waals surface area contributed by atoms with Crippen LogP contribution in [0.15, 0.2) is 59.8 Å². The van der Waals surface area contributed by atoms with Gasteiger partial charge in [-0.25, -0.2) is 14.2 Å². The van der Waals surface area contributed by atoms with E-state index in [9.17, 15) is 4.79 Å². The maximum Gasteiger partial charge on any atom is 0.274 e. The average Bonchev–Trinajstić information content (AvgIpc) is 3.53. The number of H-pyrrole nitrogens is 1. The van der Waals surface area contributed by atoms with Crippen LogP contribution in [-0.2, 0) is 13.0 Å². The second-order valence-corrected chi connectivity index (χ2v) is 8.10. The van der Waals surface area contributed by atoms with E-state index in [1.165, 1.54) is 10.1 Å². The molecule has 184 valence electrons. The first-order chi connectivity index (χ1) is 17.6. The van der Waals surface area contributed by atoms with Crippen molar-refractivity contribution < 1.29 is 14.2 Å². The molecule has 0 aliphatic heterocycles. The third-order valence-corrected chi connectivity index (χ3v) is 6.08. The summed E-state index contributed by atoms with van der Waals surface area (Å²) in [5, 5.41) is 9.17. The zero-order valence-electron chi connectivity index (χ0n) is 20.5. The smallest absolute Gasteiger partial charge is 0.274 e. The van der Waals surface area contributed by atoms with E-state index in [1.807, 2.05) is 24.3 Å². The lowest BCUT2D eigenvalue weighted by atomic mass is 10.1. The first-order valence-electron chi connectivity index (χ1n) is 11.4. The molecule has 0 saturated heterocycles. The van der Waals surface area contributed by atoms with Gasteiger partial charge in [-0.05, 0) is 24.1 Å². The Hall–Kier alpha value is -4.60. The first kappa shape index (κ1) is 23.2. The van der Waals surface area contributed by atoms with E-state index in [0.29, 0.717) is 46.5 Å². The zero-order chi connectivity index (χ0) is 25.2. The number of nitrogens with zero attached hydrogens (tertiary/aromatic N) is 5. The molecule has 3 heterocycles. The topological polar surface area (TPSA) is 109 Å².